The van der Waals surface area contributed by atoms with Crippen molar-refractivity contribution in [2.45, 2.75) is 31.7 Å². The van der Waals surface area contributed by atoms with Gasteiger partial charge in [0.15, 0.2) is 0 Å². The summed E-state index contributed by atoms with van der Waals surface area (Å²) in [6.07, 6.45) is 1.88. The minimum absolute atomic E-state index is 0.0242. The second-order valence-electron chi connectivity index (χ2n) is 8.52. The summed E-state index contributed by atoms with van der Waals surface area (Å²) in [6, 6.07) is 12.5. The van der Waals surface area contributed by atoms with E-state index in [-0.39, 0.29) is 11.3 Å². The molecule has 0 atom stereocenters. The second kappa shape index (κ2) is 9.73. The number of ether oxygens (including phenoxy) is 1. The Bertz CT molecular complexity index is 809. The van der Waals surface area contributed by atoms with Crippen LogP contribution in [0.3, 0.4) is 0 Å². The topological polar surface area (TPSA) is 70.8 Å². The van der Waals surface area contributed by atoms with Crippen LogP contribution in [0, 0.1) is 6.92 Å². The number of benzene rings is 1. The normalized spacial score (nSPS) is 20.2. The molecule has 4 rings (SSSR count). The highest BCUT2D eigenvalue weighted by atomic mass is 16.5. The number of aromatic nitrogens is 1. The summed E-state index contributed by atoms with van der Waals surface area (Å²) in [5.41, 5.74) is 2.25. The fourth-order valence-electron chi connectivity index (χ4n) is 4.48. The van der Waals surface area contributed by atoms with Crippen LogP contribution in [0.4, 0.5) is 0 Å². The Morgan fingerprint density at radius 1 is 1.10 bits per heavy atom. The highest BCUT2D eigenvalue weighted by Crippen LogP contribution is 2.34. The second-order valence-corrected chi connectivity index (χ2v) is 8.52. The molecule has 3 heterocycles. The number of nitrogens with one attached hydrogen (secondary N) is 1. The molecule has 0 radical (unpaired) electrons. The fourth-order valence-corrected chi connectivity index (χ4v) is 4.48. The van der Waals surface area contributed by atoms with Crippen LogP contribution in [-0.4, -0.2) is 73.3 Å². The smallest absolute Gasteiger partial charge is 0.234 e. The van der Waals surface area contributed by atoms with Crippen LogP contribution >= 0.6 is 0 Å². The van der Waals surface area contributed by atoms with Crippen LogP contribution in [-0.2, 0) is 21.5 Å². The Labute approximate surface area is 178 Å². The molecule has 0 spiro atoms. The summed E-state index contributed by atoms with van der Waals surface area (Å²) in [6.45, 7) is 8.99. The maximum Gasteiger partial charge on any atom is 0.234 e. The largest absolute Gasteiger partial charge is 0.381 e. The van der Waals surface area contributed by atoms with Crippen molar-refractivity contribution in [1.29, 1.82) is 0 Å². The van der Waals surface area contributed by atoms with Gasteiger partial charge in [0, 0.05) is 64.0 Å². The van der Waals surface area contributed by atoms with Crippen LogP contribution in [0.15, 0.2) is 40.9 Å². The lowest BCUT2D eigenvalue weighted by Crippen LogP contribution is -2.51. The van der Waals surface area contributed by atoms with Crippen molar-refractivity contribution in [2.75, 3.05) is 52.5 Å². The fraction of sp³-hybridized carbons (Fsp3) is 0.565. The first-order valence-electron chi connectivity index (χ1n) is 10.9. The van der Waals surface area contributed by atoms with Crippen LogP contribution in [0.5, 0.6) is 0 Å². The zero-order valence-electron chi connectivity index (χ0n) is 17.8. The maximum atomic E-state index is 12.7. The average Bonchev–Trinajstić information content (AvgIpc) is 3.19. The Hall–Kier alpha value is -2.22. The average molecular weight is 413 g/mol. The third-order valence-electron chi connectivity index (χ3n) is 6.35. The summed E-state index contributed by atoms with van der Waals surface area (Å²) in [4.78, 5) is 17.3. The van der Waals surface area contributed by atoms with Gasteiger partial charge in [-0.15, -0.1) is 0 Å². The van der Waals surface area contributed by atoms with Gasteiger partial charge >= 0.3 is 0 Å². The SMILES string of the molecule is Cc1cc(CN2CCN(CC(=O)NCC3(c4ccccc4)CCOCC3)CC2)no1. The molecule has 0 saturated carbocycles. The zero-order valence-corrected chi connectivity index (χ0v) is 17.8. The van der Waals surface area contributed by atoms with Gasteiger partial charge in [-0.05, 0) is 25.3 Å². The van der Waals surface area contributed by atoms with E-state index < -0.39 is 0 Å². The van der Waals surface area contributed by atoms with Crippen molar-refractivity contribution in [1.82, 2.24) is 20.3 Å². The summed E-state index contributed by atoms with van der Waals surface area (Å²) < 4.78 is 10.7. The van der Waals surface area contributed by atoms with Gasteiger partial charge in [-0.25, -0.2) is 0 Å². The Morgan fingerprint density at radius 2 is 1.80 bits per heavy atom. The van der Waals surface area contributed by atoms with Crippen LogP contribution < -0.4 is 5.32 Å². The molecule has 30 heavy (non-hydrogen) atoms. The van der Waals surface area contributed by atoms with Gasteiger partial charge in [0.25, 0.3) is 0 Å². The van der Waals surface area contributed by atoms with E-state index in [2.05, 4.69) is 44.5 Å². The molecule has 0 unspecified atom stereocenters. The minimum Gasteiger partial charge on any atom is -0.381 e. The number of hydrogen-bond donors (Lipinski definition) is 1. The highest BCUT2D eigenvalue weighted by Gasteiger charge is 2.34. The lowest BCUT2D eigenvalue weighted by Gasteiger charge is -2.38. The molecule has 1 aromatic carbocycles. The molecule has 2 aromatic rings. The van der Waals surface area contributed by atoms with Gasteiger partial charge in [0.1, 0.15) is 5.76 Å². The van der Waals surface area contributed by atoms with E-state index in [4.69, 9.17) is 9.26 Å². The minimum atomic E-state index is -0.0242. The van der Waals surface area contributed by atoms with Crippen molar-refractivity contribution >= 4 is 5.91 Å². The molecule has 0 aliphatic carbocycles. The number of carbonyl (C=O) groups is 1. The van der Waals surface area contributed by atoms with Gasteiger partial charge in [-0.2, -0.15) is 0 Å². The van der Waals surface area contributed by atoms with Gasteiger partial charge in [-0.3, -0.25) is 14.6 Å². The van der Waals surface area contributed by atoms with Crippen LogP contribution in [0.1, 0.15) is 29.9 Å². The molecule has 2 saturated heterocycles. The molecule has 162 valence electrons. The van der Waals surface area contributed by atoms with Gasteiger partial charge < -0.3 is 14.6 Å². The van der Waals surface area contributed by atoms with E-state index in [0.29, 0.717) is 13.1 Å². The maximum absolute atomic E-state index is 12.7. The predicted molar refractivity (Wildman–Crippen MR) is 114 cm³/mol. The monoisotopic (exact) mass is 412 g/mol. The summed E-state index contributed by atoms with van der Waals surface area (Å²) >= 11 is 0. The van der Waals surface area contributed by atoms with Gasteiger partial charge in [0.2, 0.25) is 5.91 Å². The number of nitrogens with zero attached hydrogens (tertiary/aromatic N) is 3. The number of amides is 1. The highest BCUT2D eigenvalue weighted by molar-refractivity contribution is 5.78. The molecule has 7 nitrogen and oxygen atoms in total. The van der Waals surface area contributed by atoms with Crippen molar-refractivity contribution < 1.29 is 14.1 Å². The van der Waals surface area contributed by atoms with Crippen LogP contribution in [0.25, 0.3) is 0 Å². The van der Waals surface area contributed by atoms with Crippen molar-refractivity contribution in [3.63, 3.8) is 0 Å². The molecule has 1 aromatic heterocycles. The van der Waals surface area contributed by atoms with Crippen LogP contribution in [0.2, 0.25) is 0 Å². The molecular weight excluding hydrogens is 380 g/mol. The lowest BCUT2D eigenvalue weighted by molar-refractivity contribution is -0.123. The van der Waals surface area contributed by atoms with Crippen molar-refractivity contribution in [3.05, 3.63) is 53.4 Å². The van der Waals surface area contributed by atoms with E-state index >= 15 is 0 Å². The molecule has 1 N–H and O–H groups in total. The molecule has 2 aliphatic heterocycles. The predicted octanol–water partition coefficient (Wildman–Crippen LogP) is 1.97. The first-order chi connectivity index (χ1) is 14.6. The number of hydrogen-bond acceptors (Lipinski definition) is 6. The van der Waals surface area contributed by atoms with Crippen molar-refractivity contribution in [3.8, 4) is 0 Å². The lowest BCUT2D eigenvalue weighted by atomic mass is 9.74. The first kappa shape index (κ1) is 21.0. The van der Waals surface area contributed by atoms with Crippen molar-refractivity contribution in [2.24, 2.45) is 0 Å². The van der Waals surface area contributed by atoms with E-state index in [9.17, 15) is 4.79 Å². The number of piperazine rings is 1. The van der Waals surface area contributed by atoms with Gasteiger partial charge in [-0.1, -0.05) is 35.5 Å². The Balaban J connectivity index is 1.24. The molecule has 2 aliphatic rings. The van der Waals surface area contributed by atoms with E-state index in [1.807, 2.05) is 19.1 Å². The molecule has 1 amide bonds. The quantitative estimate of drug-likeness (QED) is 0.750. The Morgan fingerprint density at radius 3 is 2.47 bits per heavy atom. The van der Waals surface area contributed by atoms with E-state index in [1.54, 1.807) is 0 Å². The molecule has 7 heteroatoms. The first-order valence-corrected chi connectivity index (χ1v) is 10.9. The number of carbonyl (C=O) groups excluding carboxylic acids is 1. The molecule has 2 fully saturated rings. The third kappa shape index (κ3) is 5.28. The summed E-state index contributed by atoms with van der Waals surface area (Å²) in [7, 11) is 0. The number of rotatable bonds is 7. The Kier molecular flexibility index (Phi) is 6.82. The summed E-state index contributed by atoms with van der Waals surface area (Å²) in [5, 5.41) is 7.29. The summed E-state index contributed by atoms with van der Waals surface area (Å²) in [5.74, 6) is 0.954. The standard InChI is InChI=1S/C23H32N4O3/c1-19-15-21(25-30-19)16-26-9-11-27(12-10-26)17-22(28)24-18-23(7-13-29-14-8-23)20-5-3-2-4-6-20/h2-6,15H,7-14,16-18H2,1H3,(H,24,28). The van der Waals surface area contributed by atoms with E-state index in [0.717, 1.165) is 70.2 Å². The van der Waals surface area contributed by atoms with Gasteiger partial charge in [0.05, 0.1) is 12.2 Å². The third-order valence-corrected chi connectivity index (χ3v) is 6.35. The number of aryl methyl sites for hydroxylation is 1. The van der Waals surface area contributed by atoms with E-state index in [1.165, 1.54) is 5.56 Å². The zero-order chi connectivity index (χ0) is 20.8. The molecular formula is C23H32N4O3. The molecule has 0 bridgehead atoms.